The van der Waals surface area contributed by atoms with Crippen molar-refractivity contribution in [3.63, 3.8) is 0 Å². The Balaban J connectivity index is 1.84. The lowest BCUT2D eigenvalue weighted by Gasteiger charge is -2.29. The Kier molecular flexibility index (Phi) is 2.53. The van der Waals surface area contributed by atoms with E-state index < -0.39 is 0 Å². The largest absolute Gasteiger partial charge is 0.474 e. The molecule has 0 saturated carbocycles. The van der Waals surface area contributed by atoms with Crippen LogP contribution in [0.4, 0.5) is 11.5 Å². The van der Waals surface area contributed by atoms with E-state index in [1.54, 1.807) is 0 Å². The molecule has 5 nitrogen and oxygen atoms in total. The number of anilines is 2. The topological polar surface area (TPSA) is 46.6 Å². The molecule has 0 unspecified atom stereocenters. The van der Waals surface area contributed by atoms with Crippen LogP contribution in [0, 0.1) is 0 Å². The Morgan fingerprint density at radius 2 is 2.06 bits per heavy atom. The molecule has 0 atom stereocenters. The summed E-state index contributed by atoms with van der Waals surface area (Å²) in [6.45, 7) is 4.90. The number of nitrogens with zero attached hydrogens (tertiary/aromatic N) is 2. The van der Waals surface area contributed by atoms with E-state index in [0.717, 1.165) is 50.2 Å². The number of hydrogen-bond donors (Lipinski definition) is 1. The molecular weight excluding hydrogens is 206 g/mol. The van der Waals surface area contributed by atoms with Crippen molar-refractivity contribution >= 4 is 11.5 Å². The molecular formula is C11H15N3O2. The molecule has 0 radical (unpaired) electrons. The predicted molar refractivity (Wildman–Crippen MR) is 61.3 cm³/mol. The second-order valence-corrected chi connectivity index (χ2v) is 3.90. The van der Waals surface area contributed by atoms with Crippen molar-refractivity contribution in [1.82, 2.24) is 4.98 Å². The third kappa shape index (κ3) is 1.78. The van der Waals surface area contributed by atoms with E-state index in [2.05, 4.69) is 15.2 Å². The fourth-order valence-electron chi connectivity index (χ4n) is 1.98. The molecule has 16 heavy (non-hydrogen) atoms. The van der Waals surface area contributed by atoms with Gasteiger partial charge in [0, 0.05) is 19.6 Å². The summed E-state index contributed by atoms with van der Waals surface area (Å²) in [5.41, 5.74) is 0.989. The van der Waals surface area contributed by atoms with E-state index in [9.17, 15) is 0 Å². The van der Waals surface area contributed by atoms with Crippen LogP contribution in [0.25, 0.3) is 0 Å². The molecule has 1 aromatic heterocycles. The summed E-state index contributed by atoms with van der Waals surface area (Å²) in [6.07, 6.45) is 0. The Hall–Kier alpha value is -1.49. The maximum absolute atomic E-state index is 5.52. The molecule has 3 heterocycles. The lowest BCUT2D eigenvalue weighted by Crippen LogP contribution is -2.36. The van der Waals surface area contributed by atoms with Crippen LogP contribution in [-0.4, -0.2) is 44.4 Å². The van der Waals surface area contributed by atoms with Crippen LogP contribution < -0.4 is 15.0 Å². The van der Waals surface area contributed by atoms with Crippen LogP contribution in [0.3, 0.4) is 0 Å². The highest BCUT2D eigenvalue weighted by Gasteiger charge is 2.16. The van der Waals surface area contributed by atoms with Gasteiger partial charge in [-0.25, -0.2) is 0 Å². The standard InChI is InChI=1S/C11H15N3O2/c1-2-10(14-4-7-15-8-5-14)13-11-9(1)12-3-6-16-11/h1-2,12H,3-8H2. The summed E-state index contributed by atoms with van der Waals surface area (Å²) < 4.78 is 10.8. The summed E-state index contributed by atoms with van der Waals surface area (Å²) in [6, 6.07) is 4.07. The van der Waals surface area contributed by atoms with Crippen LogP contribution in [0.5, 0.6) is 5.88 Å². The van der Waals surface area contributed by atoms with Crippen LogP contribution in [0.15, 0.2) is 12.1 Å². The van der Waals surface area contributed by atoms with Crippen LogP contribution in [-0.2, 0) is 4.74 Å². The normalized spacial score (nSPS) is 19.6. The van der Waals surface area contributed by atoms with E-state index in [-0.39, 0.29) is 0 Å². The van der Waals surface area contributed by atoms with Gasteiger partial charge in [-0.3, -0.25) is 0 Å². The maximum atomic E-state index is 5.52. The Labute approximate surface area is 94.4 Å². The molecule has 86 valence electrons. The van der Waals surface area contributed by atoms with Gasteiger partial charge in [0.2, 0.25) is 5.88 Å². The monoisotopic (exact) mass is 221 g/mol. The van der Waals surface area contributed by atoms with Crippen LogP contribution in [0.1, 0.15) is 0 Å². The number of hydrogen-bond acceptors (Lipinski definition) is 5. The molecule has 5 heteroatoms. The van der Waals surface area contributed by atoms with E-state index in [0.29, 0.717) is 6.61 Å². The van der Waals surface area contributed by atoms with Gasteiger partial charge in [-0.15, -0.1) is 0 Å². The zero-order valence-electron chi connectivity index (χ0n) is 9.11. The third-order valence-electron chi connectivity index (χ3n) is 2.84. The summed E-state index contributed by atoms with van der Waals surface area (Å²) in [5, 5.41) is 3.26. The Bertz CT molecular complexity index is 377. The van der Waals surface area contributed by atoms with Crippen molar-refractivity contribution in [2.45, 2.75) is 0 Å². The van der Waals surface area contributed by atoms with Gasteiger partial charge in [0.1, 0.15) is 12.4 Å². The molecule has 0 aliphatic carbocycles. The van der Waals surface area contributed by atoms with Crippen molar-refractivity contribution in [2.24, 2.45) is 0 Å². The van der Waals surface area contributed by atoms with Crippen LogP contribution >= 0.6 is 0 Å². The van der Waals surface area contributed by atoms with Crippen molar-refractivity contribution < 1.29 is 9.47 Å². The molecule has 2 aliphatic heterocycles. The average Bonchev–Trinajstić information content (AvgIpc) is 2.39. The average molecular weight is 221 g/mol. The van der Waals surface area contributed by atoms with Gasteiger partial charge in [0.05, 0.1) is 18.9 Å². The van der Waals surface area contributed by atoms with Crippen LogP contribution in [0.2, 0.25) is 0 Å². The first kappa shape index (κ1) is 9.72. The molecule has 1 N–H and O–H groups in total. The van der Waals surface area contributed by atoms with Gasteiger partial charge < -0.3 is 19.7 Å². The zero-order chi connectivity index (χ0) is 10.8. The molecule has 0 amide bonds. The number of nitrogens with one attached hydrogen (secondary N) is 1. The SMILES string of the molecule is c1cc2c(nc1N1CCOCC1)OCCN2. The van der Waals surface area contributed by atoms with E-state index in [1.165, 1.54) is 0 Å². The van der Waals surface area contributed by atoms with Crippen molar-refractivity contribution in [3.05, 3.63) is 12.1 Å². The first-order chi connectivity index (χ1) is 7.93. The minimum atomic E-state index is 0.687. The van der Waals surface area contributed by atoms with Gasteiger partial charge in [-0.2, -0.15) is 4.98 Å². The number of fused-ring (bicyclic) bond motifs is 1. The highest BCUT2D eigenvalue weighted by Crippen LogP contribution is 2.27. The molecule has 1 aromatic rings. The summed E-state index contributed by atoms with van der Waals surface area (Å²) >= 11 is 0. The summed E-state index contributed by atoms with van der Waals surface area (Å²) in [4.78, 5) is 6.75. The van der Waals surface area contributed by atoms with Gasteiger partial charge in [0.15, 0.2) is 0 Å². The molecule has 3 rings (SSSR count). The van der Waals surface area contributed by atoms with E-state index in [4.69, 9.17) is 9.47 Å². The fraction of sp³-hybridized carbons (Fsp3) is 0.545. The van der Waals surface area contributed by atoms with Crippen molar-refractivity contribution in [3.8, 4) is 5.88 Å². The predicted octanol–water partition coefficient (Wildman–Crippen LogP) is 0.722. The minimum Gasteiger partial charge on any atom is -0.474 e. The second kappa shape index (κ2) is 4.17. The Morgan fingerprint density at radius 3 is 2.94 bits per heavy atom. The number of rotatable bonds is 1. The molecule has 1 saturated heterocycles. The lowest BCUT2D eigenvalue weighted by molar-refractivity contribution is 0.122. The van der Waals surface area contributed by atoms with Gasteiger partial charge in [0.25, 0.3) is 0 Å². The molecule has 0 spiro atoms. The fourth-order valence-corrected chi connectivity index (χ4v) is 1.98. The molecule has 2 aliphatic rings. The second-order valence-electron chi connectivity index (χ2n) is 3.90. The number of morpholine rings is 1. The molecule has 0 aromatic carbocycles. The Morgan fingerprint density at radius 1 is 1.19 bits per heavy atom. The quantitative estimate of drug-likeness (QED) is 0.757. The highest BCUT2D eigenvalue weighted by atomic mass is 16.5. The number of pyridine rings is 1. The van der Waals surface area contributed by atoms with Gasteiger partial charge in [-0.1, -0.05) is 0 Å². The lowest BCUT2D eigenvalue weighted by atomic mass is 10.3. The smallest absolute Gasteiger partial charge is 0.239 e. The number of ether oxygens (including phenoxy) is 2. The summed E-state index contributed by atoms with van der Waals surface area (Å²) in [7, 11) is 0. The minimum absolute atomic E-state index is 0.687. The zero-order valence-corrected chi connectivity index (χ0v) is 9.11. The van der Waals surface area contributed by atoms with Gasteiger partial charge in [-0.05, 0) is 12.1 Å². The first-order valence-corrected chi connectivity index (χ1v) is 5.64. The maximum Gasteiger partial charge on any atom is 0.239 e. The molecule has 1 fully saturated rings. The van der Waals surface area contributed by atoms with E-state index >= 15 is 0 Å². The van der Waals surface area contributed by atoms with Gasteiger partial charge >= 0.3 is 0 Å². The summed E-state index contributed by atoms with van der Waals surface area (Å²) in [5.74, 6) is 1.70. The van der Waals surface area contributed by atoms with Crippen molar-refractivity contribution in [2.75, 3.05) is 49.7 Å². The highest BCUT2D eigenvalue weighted by molar-refractivity contribution is 5.58. The number of aromatic nitrogens is 1. The third-order valence-corrected chi connectivity index (χ3v) is 2.84. The van der Waals surface area contributed by atoms with E-state index in [1.807, 2.05) is 12.1 Å². The van der Waals surface area contributed by atoms with Crippen molar-refractivity contribution in [1.29, 1.82) is 0 Å². The molecule has 0 bridgehead atoms. The first-order valence-electron chi connectivity index (χ1n) is 5.64.